The molecule has 21 heteroatoms. The number of amides is 1. The minimum absolute atomic E-state index is 0.0219. The summed E-state index contributed by atoms with van der Waals surface area (Å²) in [5, 5.41) is 22.2. The highest BCUT2D eigenvalue weighted by atomic mass is 127. The maximum Gasteiger partial charge on any atom is 0.320 e. The van der Waals surface area contributed by atoms with Crippen molar-refractivity contribution in [1.82, 2.24) is 9.88 Å². The average Bonchev–Trinajstić information content (AvgIpc) is 4.05. The number of cyclic esters (lactones) is 1. The summed E-state index contributed by atoms with van der Waals surface area (Å²) >= 11 is 3.26. The van der Waals surface area contributed by atoms with Gasteiger partial charge in [0.25, 0.3) is 5.91 Å². The zero-order chi connectivity index (χ0) is 57.9. The fraction of sp³-hybridized carbons (Fsp3) is 0.741. The number of Topliss-reactive ketones (excluding diaryl/α,β-unsaturated/α-hetero) is 1. The van der Waals surface area contributed by atoms with Crippen LogP contribution in [-0.4, -0.2) is 179 Å². The van der Waals surface area contributed by atoms with Crippen molar-refractivity contribution in [3.8, 4) is 11.5 Å². The van der Waals surface area contributed by atoms with Crippen molar-refractivity contribution in [1.29, 1.82) is 0 Å². The molecule has 7 rings (SSSR count). The number of thioether (sulfide) groups is 1. The number of esters is 2. The van der Waals surface area contributed by atoms with E-state index in [1.807, 2.05) is 75.3 Å². The zero-order valence-electron chi connectivity index (χ0n) is 48.5. The van der Waals surface area contributed by atoms with Crippen molar-refractivity contribution >= 4 is 63.7 Å². The number of anilines is 1. The van der Waals surface area contributed by atoms with E-state index >= 15 is 9.59 Å². The zero-order valence-corrected chi connectivity index (χ0v) is 51.4. The summed E-state index contributed by atoms with van der Waals surface area (Å²) in [6.07, 6.45) is 0.479. The van der Waals surface area contributed by atoms with Gasteiger partial charge in [-0.05, 0) is 141 Å². The summed E-state index contributed by atoms with van der Waals surface area (Å²) in [6, 6.07) is 8.36. The second-order valence-corrected chi connectivity index (χ2v) is 25.7. The number of carbonyl (C=O) groups excluding carboxylic acids is 4. The number of aromatic nitrogens is 1. The van der Waals surface area contributed by atoms with Gasteiger partial charge in [0.05, 0.1) is 54.7 Å². The molecule has 79 heavy (non-hydrogen) atoms. The van der Waals surface area contributed by atoms with Crippen molar-refractivity contribution in [2.45, 2.75) is 195 Å². The quantitative estimate of drug-likeness (QED) is 0.0949. The van der Waals surface area contributed by atoms with E-state index < -0.39 is 111 Å². The number of pyridine rings is 1. The first-order valence-corrected chi connectivity index (χ1v) is 30.1. The van der Waals surface area contributed by atoms with E-state index in [9.17, 15) is 19.8 Å². The molecule has 2 aromatic rings. The highest BCUT2D eigenvalue weighted by molar-refractivity contribution is 14.1. The second kappa shape index (κ2) is 26.6. The largest absolute Gasteiger partial charge is 0.493 e. The predicted octanol–water partition coefficient (Wildman–Crippen LogP) is 7.42. The standard InChI is InChI=1S/C58H86IN3O16S/c1-31-29-57(8,71-14)50(76-54-46(64)40(61(10)11)27-32(2)72-54)34(4)47(75-43-30-56(7,70-13)49(65)36(6)73-43)35(5)52(67)77-55(59)58(9)44(33(3)45(31)63)48(53(68)78-58)79-26-25-62(51(66)37-21-23-60-24-22-37)38-19-20-41(69-12)42(28-38)74-39-17-15-16-18-39/h19-24,28,31-36,39-40,43-44,46-50,54-55,64-65H,15-18,25-27,29-30H2,1-14H3/t31-,32-,33-,34?,35-,36+,40+,43+,44+,46-,47+,48+,49+,50-,54+,55+,56-,57-,58+/m1/s1. The third kappa shape index (κ3) is 13.7. The summed E-state index contributed by atoms with van der Waals surface area (Å²) in [4.78, 5) is 67.1. The molecular weight excluding hydrogens is 1150 g/mol. The number of halogens is 1. The maximum absolute atomic E-state index is 15.4. The lowest BCUT2D eigenvalue weighted by Gasteiger charge is -2.49. The van der Waals surface area contributed by atoms with E-state index in [4.69, 9.17) is 47.4 Å². The van der Waals surface area contributed by atoms with E-state index in [1.165, 1.54) is 26.0 Å². The Balaban J connectivity index is 1.25. The number of rotatable bonds is 16. The van der Waals surface area contributed by atoms with Gasteiger partial charge in [-0.25, -0.2) is 0 Å². The van der Waals surface area contributed by atoms with Crippen LogP contribution in [0, 0.1) is 29.6 Å². The Morgan fingerprint density at radius 1 is 0.861 bits per heavy atom. The molecule has 442 valence electrons. The molecular formula is C58H86IN3O16S. The number of ketones is 1. The lowest BCUT2D eigenvalue weighted by atomic mass is 9.72. The summed E-state index contributed by atoms with van der Waals surface area (Å²) < 4.78 is 62.8. The van der Waals surface area contributed by atoms with E-state index in [0.29, 0.717) is 29.2 Å². The molecule has 1 amide bonds. The van der Waals surface area contributed by atoms with Crippen LogP contribution in [0.25, 0.3) is 0 Å². The van der Waals surface area contributed by atoms with Crippen molar-refractivity contribution in [3.63, 3.8) is 0 Å². The first-order valence-electron chi connectivity index (χ1n) is 27.8. The molecule has 5 fully saturated rings. The molecule has 1 unspecified atom stereocenters. The predicted molar refractivity (Wildman–Crippen MR) is 304 cm³/mol. The van der Waals surface area contributed by atoms with Crippen LogP contribution in [-0.2, 0) is 52.3 Å². The lowest BCUT2D eigenvalue weighted by Crippen LogP contribution is -2.61. The Morgan fingerprint density at radius 3 is 2.16 bits per heavy atom. The molecule has 0 bridgehead atoms. The normalized spacial score (nSPS) is 38.9. The van der Waals surface area contributed by atoms with Crippen LogP contribution in [0.2, 0.25) is 0 Å². The van der Waals surface area contributed by atoms with Gasteiger partial charge in [0.2, 0.25) is 0 Å². The van der Waals surface area contributed by atoms with Gasteiger partial charge in [-0.3, -0.25) is 24.2 Å². The molecule has 0 radical (unpaired) electrons. The summed E-state index contributed by atoms with van der Waals surface area (Å²) in [5.41, 5.74) is -2.95. The molecule has 19 atom stereocenters. The summed E-state index contributed by atoms with van der Waals surface area (Å²) in [5.74, 6) is -4.71. The SMILES string of the molecule is COc1ccc(N(CCS[C@@H]2C(=O)O[C@@]3(C)[C@H]2[C@@H](C)C(=O)[C@H](C)C[C@@](C)(OC)[C@H](O[C@@H]2O[C@H](C)C[C@H](N(C)C)[C@H]2O)C(C)[C@H](O[C@H]2C[C@@](C)(OC)[C@@H](O)[C@H](C)O2)[C@@H](C)C(=O)O[C@@H]3I)C(=O)c2ccncc2)cc1OC1CCCC1. The number of aliphatic hydroxyl groups excluding tert-OH is 2. The monoisotopic (exact) mass is 1240 g/mol. The van der Waals surface area contributed by atoms with Crippen LogP contribution in [0.1, 0.15) is 118 Å². The number of hydrogen-bond acceptors (Lipinski definition) is 19. The van der Waals surface area contributed by atoms with Crippen molar-refractivity contribution in [3.05, 3.63) is 48.3 Å². The Hall–Kier alpha value is -3.23. The molecule has 4 saturated heterocycles. The van der Waals surface area contributed by atoms with Crippen molar-refractivity contribution in [2.24, 2.45) is 29.6 Å². The molecule has 5 aliphatic rings. The first-order chi connectivity index (χ1) is 37.3. The molecule has 2 N–H and O–H groups in total. The van der Waals surface area contributed by atoms with Crippen molar-refractivity contribution < 1.29 is 76.8 Å². The van der Waals surface area contributed by atoms with Gasteiger partial charge in [-0.1, -0.05) is 20.8 Å². The highest BCUT2D eigenvalue weighted by Gasteiger charge is 2.62. The number of hydrogen-bond donors (Lipinski definition) is 2. The Bertz CT molecular complexity index is 2410. The summed E-state index contributed by atoms with van der Waals surface area (Å²) in [6.45, 7) is 16.2. The number of alkyl halides is 1. The smallest absolute Gasteiger partial charge is 0.320 e. The number of likely N-dealkylation sites (N-methyl/N-ethyl adjacent to an activating group) is 1. The minimum Gasteiger partial charge on any atom is -0.493 e. The van der Waals surface area contributed by atoms with Crippen LogP contribution < -0.4 is 14.4 Å². The lowest BCUT2D eigenvalue weighted by molar-refractivity contribution is -0.319. The number of methoxy groups -OCH3 is 3. The van der Waals surface area contributed by atoms with Gasteiger partial charge in [0, 0.05) is 92.4 Å². The Kier molecular flexibility index (Phi) is 21.3. The van der Waals surface area contributed by atoms with Crippen LogP contribution >= 0.6 is 34.4 Å². The Morgan fingerprint density at radius 2 is 1.53 bits per heavy atom. The number of nitrogens with zero attached hydrogens (tertiary/aromatic N) is 3. The molecule has 1 aromatic heterocycles. The molecule has 0 spiro atoms. The van der Waals surface area contributed by atoms with E-state index in [0.717, 1.165) is 25.7 Å². The van der Waals surface area contributed by atoms with Gasteiger partial charge in [0.1, 0.15) is 23.2 Å². The molecule has 1 aliphatic carbocycles. The minimum atomic E-state index is -1.52. The number of aliphatic hydroxyl groups is 2. The van der Waals surface area contributed by atoms with Gasteiger partial charge in [-0.2, -0.15) is 0 Å². The van der Waals surface area contributed by atoms with Gasteiger partial charge >= 0.3 is 11.9 Å². The molecule has 5 heterocycles. The van der Waals surface area contributed by atoms with E-state index in [1.54, 1.807) is 83.3 Å². The first kappa shape index (κ1) is 63.4. The van der Waals surface area contributed by atoms with Crippen LogP contribution in [0.15, 0.2) is 42.7 Å². The topological polar surface area (TPSA) is 220 Å². The highest BCUT2D eigenvalue weighted by Crippen LogP contribution is 2.50. The van der Waals surface area contributed by atoms with Gasteiger partial charge in [-0.15, -0.1) is 11.8 Å². The van der Waals surface area contributed by atoms with Crippen molar-refractivity contribution in [2.75, 3.05) is 52.6 Å². The van der Waals surface area contributed by atoms with Gasteiger partial charge < -0.3 is 67.4 Å². The van der Waals surface area contributed by atoms with E-state index in [2.05, 4.69) is 4.98 Å². The molecule has 4 aliphatic heterocycles. The second-order valence-electron chi connectivity index (χ2n) is 23.4. The fourth-order valence-corrected chi connectivity index (χ4v) is 14.9. The average molecular weight is 1240 g/mol. The number of fused-ring (bicyclic) bond motifs is 1. The van der Waals surface area contributed by atoms with Crippen LogP contribution in [0.4, 0.5) is 5.69 Å². The summed E-state index contributed by atoms with van der Waals surface area (Å²) in [7, 11) is 8.39. The molecule has 1 aromatic carbocycles. The Labute approximate surface area is 484 Å². The fourth-order valence-electron chi connectivity index (χ4n) is 12.7. The maximum atomic E-state index is 15.4. The third-order valence-electron chi connectivity index (χ3n) is 17.5. The van der Waals surface area contributed by atoms with Crippen LogP contribution in [0.3, 0.4) is 0 Å². The number of carbonyl (C=O) groups is 4. The van der Waals surface area contributed by atoms with E-state index in [-0.39, 0.29) is 55.1 Å². The number of benzene rings is 1. The van der Waals surface area contributed by atoms with Gasteiger partial charge in [0.15, 0.2) is 33.8 Å². The third-order valence-corrected chi connectivity index (χ3v) is 20.3. The molecule has 19 nitrogen and oxygen atoms in total. The number of ether oxygens (including phenoxy) is 10. The molecule has 1 saturated carbocycles. The van der Waals surface area contributed by atoms with Crippen LogP contribution in [0.5, 0.6) is 11.5 Å².